The minimum atomic E-state index is -0.590. The van der Waals surface area contributed by atoms with Gasteiger partial charge in [0.15, 0.2) is 0 Å². The van der Waals surface area contributed by atoms with Gasteiger partial charge in [-0.25, -0.2) is 4.39 Å². The molecule has 0 saturated carbocycles. The third kappa shape index (κ3) is 4.01. The van der Waals surface area contributed by atoms with Crippen molar-refractivity contribution in [2.24, 2.45) is 0 Å². The highest BCUT2D eigenvalue weighted by Crippen LogP contribution is 2.34. The average molecular weight is 376 g/mol. The quantitative estimate of drug-likeness (QED) is 0.376. The van der Waals surface area contributed by atoms with Crippen LogP contribution in [0.4, 0.5) is 10.1 Å². The van der Waals surface area contributed by atoms with E-state index in [0.29, 0.717) is 14.8 Å². The number of hydrogen-bond donors (Lipinski definition) is 1. The maximum atomic E-state index is 12.9. The predicted octanol–water partition coefficient (Wildman–Crippen LogP) is 4.02. The van der Waals surface area contributed by atoms with E-state index in [1.165, 1.54) is 42.5 Å². The molecule has 9 heteroatoms. The summed E-state index contributed by atoms with van der Waals surface area (Å²) in [6.45, 7) is 0. The normalized spacial score (nSPS) is 15.3. The second-order valence-electron chi connectivity index (χ2n) is 4.89. The summed E-state index contributed by atoms with van der Waals surface area (Å²) in [6, 6.07) is 9.42. The fourth-order valence-electron chi connectivity index (χ4n) is 2.06. The van der Waals surface area contributed by atoms with E-state index in [9.17, 15) is 19.3 Å². The van der Waals surface area contributed by atoms with Crippen LogP contribution in [0.15, 0.2) is 47.4 Å². The number of nitro groups is 1. The molecule has 1 N–H and O–H groups in total. The monoisotopic (exact) mass is 376 g/mol. The van der Waals surface area contributed by atoms with E-state index in [0.717, 1.165) is 11.8 Å². The van der Waals surface area contributed by atoms with Crippen molar-refractivity contribution in [3.05, 3.63) is 68.9 Å². The van der Waals surface area contributed by atoms with Gasteiger partial charge in [0.05, 0.1) is 9.83 Å². The van der Waals surface area contributed by atoms with E-state index >= 15 is 0 Å². The molecule has 2 aromatic carbocycles. The van der Waals surface area contributed by atoms with Crippen LogP contribution in [-0.2, 0) is 4.79 Å². The summed E-state index contributed by atoms with van der Waals surface area (Å²) in [5.74, 6) is -0.497. The Labute approximate surface area is 150 Å². The molecule has 6 nitrogen and oxygen atoms in total. The Morgan fingerprint density at radius 1 is 1.24 bits per heavy atom. The van der Waals surface area contributed by atoms with Gasteiger partial charge in [-0.2, -0.15) is 0 Å². The van der Waals surface area contributed by atoms with Crippen molar-refractivity contribution in [2.45, 2.75) is 0 Å². The summed E-state index contributed by atoms with van der Waals surface area (Å²) in [7, 11) is 0. The van der Waals surface area contributed by atoms with E-state index in [1.807, 2.05) is 0 Å². The maximum Gasteiger partial charge on any atom is 0.312 e. The molecule has 1 aliphatic rings. The van der Waals surface area contributed by atoms with Crippen molar-refractivity contribution < 1.29 is 18.8 Å². The lowest BCUT2D eigenvalue weighted by Crippen LogP contribution is -2.17. The van der Waals surface area contributed by atoms with Gasteiger partial charge in [-0.1, -0.05) is 30.0 Å². The van der Waals surface area contributed by atoms with Crippen molar-refractivity contribution in [3.8, 4) is 11.5 Å². The molecule has 126 valence electrons. The average Bonchev–Trinajstić information content (AvgIpc) is 2.88. The number of amides is 1. The highest BCUT2D eigenvalue weighted by atomic mass is 32.2. The van der Waals surface area contributed by atoms with Crippen molar-refractivity contribution >= 4 is 46.0 Å². The second-order valence-corrected chi connectivity index (χ2v) is 6.61. The third-order valence-electron chi connectivity index (χ3n) is 3.16. The summed E-state index contributed by atoms with van der Waals surface area (Å²) in [6.07, 6.45) is 1.51. The first-order valence-electron chi connectivity index (χ1n) is 6.89. The van der Waals surface area contributed by atoms with Gasteiger partial charge >= 0.3 is 5.69 Å². The SMILES string of the molecule is O=C1NC(=S)S/C1=C/c1ccc(Oc2ccc(F)cc2)c([N+](=O)[O-])c1. The molecule has 1 amide bonds. The number of thioether (sulfide) groups is 1. The van der Waals surface area contributed by atoms with E-state index in [4.69, 9.17) is 17.0 Å². The molecule has 0 unspecified atom stereocenters. The van der Waals surface area contributed by atoms with Gasteiger partial charge in [0.25, 0.3) is 5.91 Å². The fourth-order valence-corrected chi connectivity index (χ4v) is 3.10. The number of halogens is 1. The van der Waals surface area contributed by atoms with Crippen LogP contribution < -0.4 is 10.1 Å². The van der Waals surface area contributed by atoms with Gasteiger partial charge in [0.2, 0.25) is 5.75 Å². The zero-order valence-electron chi connectivity index (χ0n) is 12.4. The molecule has 1 saturated heterocycles. The van der Waals surface area contributed by atoms with Crippen molar-refractivity contribution in [2.75, 3.05) is 0 Å². The Morgan fingerprint density at radius 2 is 1.96 bits per heavy atom. The summed E-state index contributed by atoms with van der Waals surface area (Å²) in [5, 5.41) is 13.8. The lowest BCUT2D eigenvalue weighted by Gasteiger charge is -2.07. The van der Waals surface area contributed by atoms with Crippen LogP contribution in [0.5, 0.6) is 11.5 Å². The summed E-state index contributed by atoms with van der Waals surface area (Å²) in [5.41, 5.74) is 0.185. The largest absolute Gasteiger partial charge is 0.450 e. The van der Waals surface area contributed by atoms with Gasteiger partial charge in [0.1, 0.15) is 15.9 Å². The molecule has 25 heavy (non-hydrogen) atoms. The number of nitrogens with one attached hydrogen (secondary N) is 1. The summed E-state index contributed by atoms with van der Waals surface area (Å²) in [4.78, 5) is 22.7. The molecule has 0 bridgehead atoms. The van der Waals surface area contributed by atoms with Gasteiger partial charge in [-0.05, 0) is 42.0 Å². The molecule has 2 aromatic rings. The van der Waals surface area contributed by atoms with E-state index < -0.39 is 10.7 Å². The smallest absolute Gasteiger partial charge is 0.312 e. The first-order chi connectivity index (χ1) is 11.9. The number of hydrogen-bond acceptors (Lipinski definition) is 6. The Bertz CT molecular complexity index is 913. The Kier molecular flexibility index (Phi) is 4.77. The third-order valence-corrected chi connectivity index (χ3v) is 4.32. The number of rotatable bonds is 4. The van der Waals surface area contributed by atoms with E-state index in [1.54, 1.807) is 6.07 Å². The van der Waals surface area contributed by atoms with Gasteiger partial charge < -0.3 is 10.1 Å². The minimum absolute atomic E-state index is 0.0119. The van der Waals surface area contributed by atoms with Crippen molar-refractivity contribution in [1.29, 1.82) is 0 Å². The standard InChI is InChI=1S/C16H9FN2O4S2/c17-10-2-4-11(5-3-10)23-13-6-1-9(7-12(13)19(21)22)8-14-15(20)18-16(24)25-14/h1-8H,(H,18,20,24)/b14-8+. The van der Waals surface area contributed by atoms with Crippen LogP contribution in [0.1, 0.15) is 5.56 Å². The fraction of sp³-hybridized carbons (Fsp3) is 0. The lowest BCUT2D eigenvalue weighted by molar-refractivity contribution is -0.385. The van der Waals surface area contributed by atoms with Crippen LogP contribution in [0, 0.1) is 15.9 Å². The Morgan fingerprint density at radius 3 is 2.56 bits per heavy atom. The lowest BCUT2D eigenvalue weighted by atomic mass is 10.1. The molecule has 0 radical (unpaired) electrons. The highest BCUT2D eigenvalue weighted by Gasteiger charge is 2.23. The van der Waals surface area contributed by atoms with Crippen molar-refractivity contribution in [3.63, 3.8) is 0 Å². The first kappa shape index (κ1) is 17.1. The molecular formula is C16H9FN2O4S2. The Hall–Kier alpha value is -2.78. The zero-order valence-corrected chi connectivity index (χ0v) is 14.0. The number of ether oxygens (including phenoxy) is 1. The second kappa shape index (κ2) is 6.99. The number of benzene rings is 2. The Balaban J connectivity index is 1.92. The van der Waals surface area contributed by atoms with Gasteiger partial charge in [-0.15, -0.1) is 0 Å². The zero-order chi connectivity index (χ0) is 18.0. The molecule has 1 fully saturated rings. The predicted molar refractivity (Wildman–Crippen MR) is 95.9 cm³/mol. The highest BCUT2D eigenvalue weighted by molar-refractivity contribution is 8.26. The summed E-state index contributed by atoms with van der Waals surface area (Å²) < 4.78 is 18.7. The van der Waals surface area contributed by atoms with Crippen LogP contribution in [0.2, 0.25) is 0 Å². The van der Waals surface area contributed by atoms with Crippen LogP contribution in [0.25, 0.3) is 6.08 Å². The maximum absolute atomic E-state index is 12.9. The van der Waals surface area contributed by atoms with Gasteiger partial charge in [0, 0.05) is 6.07 Å². The van der Waals surface area contributed by atoms with Crippen LogP contribution in [-0.4, -0.2) is 15.2 Å². The van der Waals surface area contributed by atoms with Crippen LogP contribution in [0.3, 0.4) is 0 Å². The number of thiocarbonyl (C=S) groups is 1. The number of carbonyl (C=O) groups is 1. The molecule has 1 heterocycles. The topological polar surface area (TPSA) is 81.5 Å². The molecule has 3 rings (SSSR count). The van der Waals surface area contributed by atoms with Gasteiger partial charge in [-0.3, -0.25) is 14.9 Å². The van der Waals surface area contributed by atoms with Crippen LogP contribution >= 0.6 is 24.0 Å². The summed E-state index contributed by atoms with van der Waals surface area (Å²) >= 11 is 5.98. The van der Waals surface area contributed by atoms with E-state index in [2.05, 4.69) is 5.32 Å². The number of nitro benzene ring substituents is 1. The molecule has 0 spiro atoms. The number of carbonyl (C=O) groups excluding carboxylic acids is 1. The van der Waals surface area contributed by atoms with E-state index in [-0.39, 0.29) is 23.1 Å². The molecule has 0 atom stereocenters. The van der Waals surface area contributed by atoms with Crippen molar-refractivity contribution in [1.82, 2.24) is 5.32 Å². The molecule has 0 aromatic heterocycles. The first-order valence-corrected chi connectivity index (χ1v) is 8.11. The molecule has 1 aliphatic heterocycles. The number of nitrogens with zero attached hydrogens (tertiary/aromatic N) is 1. The molecular weight excluding hydrogens is 367 g/mol. The molecule has 0 aliphatic carbocycles. The minimum Gasteiger partial charge on any atom is -0.450 e.